The molecule has 1 N–H and O–H groups in total. The van der Waals surface area contributed by atoms with Crippen molar-refractivity contribution in [3.63, 3.8) is 0 Å². The van der Waals surface area contributed by atoms with E-state index in [1.54, 1.807) is 33.7 Å². The van der Waals surface area contributed by atoms with Crippen LogP contribution in [0.2, 0.25) is 0 Å². The Morgan fingerprint density at radius 1 is 1.07 bits per heavy atom. The molecule has 2 heterocycles. The van der Waals surface area contributed by atoms with Gasteiger partial charge < -0.3 is 14.8 Å². The van der Waals surface area contributed by atoms with Crippen molar-refractivity contribution in [2.45, 2.75) is 6.42 Å². The van der Waals surface area contributed by atoms with Crippen LogP contribution in [-0.2, 0) is 13.5 Å². The molecule has 0 spiro atoms. The van der Waals surface area contributed by atoms with Gasteiger partial charge in [0, 0.05) is 37.6 Å². The molecule has 0 aliphatic rings. The van der Waals surface area contributed by atoms with Gasteiger partial charge in [-0.1, -0.05) is 0 Å². The van der Waals surface area contributed by atoms with Gasteiger partial charge in [-0.25, -0.2) is 4.98 Å². The van der Waals surface area contributed by atoms with Gasteiger partial charge in [0.1, 0.15) is 11.5 Å². The largest absolute Gasteiger partial charge is 0.497 e. The van der Waals surface area contributed by atoms with Crippen molar-refractivity contribution >= 4 is 5.95 Å². The van der Waals surface area contributed by atoms with Crippen molar-refractivity contribution in [3.05, 3.63) is 64.7 Å². The molecule has 0 aliphatic carbocycles. The summed E-state index contributed by atoms with van der Waals surface area (Å²) in [5.74, 6) is 2.08. The molecule has 0 saturated carbocycles. The van der Waals surface area contributed by atoms with E-state index in [1.165, 1.54) is 10.6 Å². The van der Waals surface area contributed by atoms with E-state index in [1.807, 2.05) is 30.3 Å². The fourth-order valence-corrected chi connectivity index (χ4v) is 2.75. The van der Waals surface area contributed by atoms with Crippen molar-refractivity contribution in [3.8, 4) is 22.8 Å². The number of hydrogen-bond donors (Lipinski definition) is 1. The number of anilines is 1. The molecule has 0 radical (unpaired) electrons. The zero-order valence-electron chi connectivity index (χ0n) is 15.6. The maximum Gasteiger partial charge on any atom is 0.255 e. The standard InChI is InChI=1S/C20H22N4O3/c1-24-19(25)13-17(14-6-9-21-10-7-14)23-20(24)22-11-8-15-12-16(26-2)4-5-18(15)27-3/h4-7,9-10,12-13H,8,11H2,1-3H3,(H,22,23). The van der Waals surface area contributed by atoms with E-state index in [0.29, 0.717) is 24.6 Å². The molecule has 27 heavy (non-hydrogen) atoms. The minimum Gasteiger partial charge on any atom is -0.497 e. The van der Waals surface area contributed by atoms with Crippen LogP contribution in [0.1, 0.15) is 5.56 Å². The Hall–Kier alpha value is -3.35. The van der Waals surface area contributed by atoms with E-state index in [9.17, 15) is 4.79 Å². The summed E-state index contributed by atoms with van der Waals surface area (Å²) >= 11 is 0. The zero-order valence-corrected chi connectivity index (χ0v) is 15.6. The maximum absolute atomic E-state index is 12.3. The summed E-state index contributed by atoms with van der Waals surface area (Å²) in [4.78, 5) is 20.9. The van der Waals surface area contributed by atoms with Gasteiger partial charge in [0.25, 0.3) is 5.56 Å². The number of benzene rings is 1. The van der Waals surface area contributed by atoms with Crippen LogP contribution in [0.25, 0.3) is 11.3 Å². The topological polar surface area (TPSA) is 78.3 Å². The van der Waals surface area contributed by atoms with E-state index >= 15 is 0 Å². The Morgan fingerprint density at radius 2 is 1.85 bits per heavy atom. The Kier molecular flexibility index (Phi) is 5.71. The van der Waals surface area contributed by atoms with Crippen LogP contribution in [0, 0.1) is 0 Å². The van der Waals surface area contributed by atoms with E-state index in [0.717, 1.165) is 22.6 Å². The third kappa shape index (κ3) is 4.25. The molecule has 3 rings (SSSR count). The van der Waals surface area contributed by atoms with Crippen molar-refractivity contribution < 1.29 is 9.47 Å². The first-order valence-corrected chi connectivity index (χ1v) is 8.55. The van der Waals surface area contributed by atoms with Gasteiger partial charge >= 0.3 is 0 Å². The van der Waals surface area contributed by atoms with Gasteiger partial charge in [-0.3, -0.25) is 14.3 Å². The maximum atomic E-state index is 12.3. The molecule has 0 amide bonds. The van der Waals surface area contributed by atoms with Gasteiger partial charge in [-0.05, 0) is 42.3 Å². The summed E-state index contributed by atoms with van der Waals surface area (Å²) < 4.78 is 12.2. The Bertz CT molecular complexity index is 971. The van der Waals surface area contributed by atoms with Crippen LogP contribution in [0.5, 0.6) is 11.5 Å². The molecular formula is C20H22N4O3. The fraction of sp³-hybridized carbons (Fsp3) is 0.250. The summed E-state index contributed by atoms with van der Waals surface area (Å²) in [5, 5.41) is 3.24. The predicted octanol–water partition coefficient (Wildman–Crippen LogP) is 2.51. The highest BCUT2D eigenvalue weighted by molar-refractivity contribution is 5.59. The summed E-state index contributed by atoms with van der Waals surface area (Å²) in [6.45, 7) is 0.587. The molecule has 3 aromatic rings. The van der Waals surface area contributed by atoms with Crippen molar-refractivity contribution in [2.24, 2.45) is 7.05 Å². The first-order chi connectivity index (χ1) is 13.1. The normalized spacial score (nSPS) is 10.5. The highest BCUT2D eigenvalue weighted by Crippen LogP contribution is 2.24. The first kappa shape index (κ1) is 18.4. The molecular weight excluding hydrogens is 344 g/mol. The lowest BCUT2D eigenvalue weighted by Crippen LogP contribution is -2.22. The molecule has 7 nitrogen and oxygen atoms in total. The third-order valence-corrected chi connectivity index (χ3v) is 4.28. The molecule has 0 atom stereocenters. The van der Waals surface area contributed by atoms with Crippen LogP contribution in [0.4, 0.5) is 5.95 Å². The smallest absolute Gasteiger partial charge is 0.255 e. The molecule has 0 fully saturated rings. The Balaban J connectivity index is 1.79. The van der Waals surface area contributed by atoms with Crippen LogP contribution < -0.4 is 20.3 Å². The minimum absolute atomic E-state index is 0.127. The second-order valence-corrected chi connectivity index (χ2v) is 5.95. The molecule has 0 bridgehead atoms. The molecule has 1 aromatic carbocycles. The molecule has 0 aliphatic heterocycles. The minimum atomic E-state index is -0.127. The van der Waals surface area contributed by atoms with Gasteiger partial charge in [0.15, 0.2) is 0 Å². The van der Waals surface area contributed by atoms with Crippen LogP contribution in [0.15, 0.2) is 53.6 Å². The number of pyridine rings is 1. The van der Waals surface area contributed by atoms with E-state index in [2.05, 4.69) is 15.3 Å². The summed E-state index contributed by atoms with van der Waals surface area (Å²) in [7, 11) is 4.97. The van der Waals surface area contributed by atoms with Crippen molar-refractivity contribution in [2.75, 3.05) is 26.1 Å². The number of nitrogens with one attached hydrogen (secondary N) is 1. The molecule has 140 valence electrons. The highest BCUT2D eigenvalue weighted by atomic mass is 16.5. The van der Waals surface area contributed by atoms with Gasteiger partial charge in [0.2, 0.25) is 5.95 Å². The summed E-state index contributed by atoms with van der Waals surface area (Å²) in [6.07, 6.45) is 4.04. The SMILES string of the molecule is COc1ccc(OC)c(CCNc2nc(-c3ccncc3)cc(=O)n2C)c1. The second kappa shape index (κ2) is 8.35. The Morgan fingerprint density at radius 3 is 2.56 bits per heavy atom. The fourth-order valence-electron chi connectivity index (χ4n) is 2.75. The molecule has 2 aromatic heterocycles. The lowest BCUT2D eigenvalue weighted by molar-refractivity contribution is 0.399. The zero-order chi connectivity index (χ0) is 19.2. The van der Waals surface area contributed by atoms with Crippen LogP contribution in [0.3, 0.4) is 0 Å². The van der Waals surface area contributed by atoms with E-state index in [-0.39, 0.29) is 5.56 Å². The first-order valence-electron chi connectivity index (χ1n) is 8.55. The monoisotopic (exact) mass is 366 g/mol. The second-order valence-electron chi connectivity index (χ2n) is 5.95. The lowest BCUT2D eigenvalue weighted by Gasteiger charge is -2.13. The number of hydrogen-bond acceptors (Lipinski definition) is 6. The van der Waals surface area contributed by atoms with Gasteiger partial charge in [0.05, 0.1) is 19.9 Å². The lowest BCUT2D eigenvalue weighted by atomic mass is 10.1. The number of nitrogens with zero attached hydrogens (tertiary/aromatic N) is 3. The highest BCUT2D eigenvalue weighted by Gasteiger charge is 2.09. The third-order valence-electron chi connectivity index (χ3n) is 4.28. The van der Waals surface area contributed by atoms with Crippen molar-refractivity contribution in [1.82, 2.24) is 14.5 Å². The average molecular weight is 366 g/mol. The molecule has 0 saturated heterocycles. The molecule has 0 unspecified atom stereocenters. The number of ether oxygens (including phenoxy) is 2. The number of methoxy groups -OCH3 is 2. The Labute approximate surface area is 157 Å². The van der Waals surface area contributed by atoms with Crippen molar-refractivity contribution in [1.29, 1.82) is 0 Å². The van der Waals surface area contributed by atoms with Gasteiger partial charge in [-0.2, -0.15) is 0 Å². The summed E-state index contributed by atoms with van der Waals surface area (Å²) in [5.41, 5.74) is 2.35. The summed E-state index contributed by atoms with van der Waals surface area (Å²) in [6, 6.07) is 10.9. The van der Waals surface area contributed by atoms with Gasteiger partial charge in [-0.15, -0.1) is 0 Å². The van der Waals surface area contributed by atoms with Crippen LogP contribution in [-0.4, -0.2) is 35.3 Å². The number of rotatable bonds is 7. The number of aromatic nitrogens is 3. The molecule has 7 heteroatoms. The average Bonchev–Trinajstić information content (AvgIpc) is 2.71. The quantitative estimate of drug-likeness (QED) is 0.692. The van der Waals surface area contributed by atoms with E-state index in [4.69, 9.17) is 9.47 Å². The van der Waals surface area contributed by atoms with Crippen LogP contribution >= 0.6 is 0 Å². The van der Waals surface area contributed by atoms with E-state index < -0.39 is 0 Å². The predicted molar refractivity (Wildman–Crippen MR) is 104 cm³/mol.